The maximum atomic E-state index is 9.67. The van der Waals surface area contributed by atoms with Crippen LogP contribution in [0, 0.1) is 29.6 Å². The monoisotopic (exact) mass is 417 g/mol. The largest absolute Gasteiger partial charge is 0.376 e. The van der Waals surface area contributed by atoms with Crippen LogP contribution < -0.4 is 5.32 Å². The quantitative estimate of drug-likeness (QED) is 0.447. The van der Waals surface area contributed by atoms with Crippen molar-refractivity contribution < 1.29 is 0 Å². The van der Waals surface area contributed by atoms with Gasteiger partial charge in [-0.1, -0.05) is 36.4 Å². The van der Waals surface area contributed by atoms with Gasteiger partial charge >= 0.3 is 0 Å². The molecule has 0 saturated carbocycles. The smallest absolute Gasteiger partial charge is 0.0998 e. The number of hydrogen-bond acceptors (Lipinski definition) is 4. The van der Waals surface area contributed by atoms with Crippen LogP contribution in [-0.2, 0) is 13.5 Å². The van der Waals surface area contributed by atoms with E-state index in [2.05, 4.69) is 35.4 Å². The molecule has 1 atom stereocenters. The van der Waals surface area contributed by atoms with Gasteiger partial charge in [0.2, 0.25) is 0 Å². The van der Waals surface area contributed by atoms with Crippen molar-refractivity contribution in [2.24, 2.45) is 7.05 Å². The predicted molar refractivity (Wildman–Crippen MR) is 126 cm³/mol. The second kappa shape index (κ2) is 9.20. The first-order valence-corrected chi connectivity index (χ1v) is 10.4. The summed E-state index contributed by atoms with van der Waals surface area (Å²) in [6.07, 6.45) is 4.33. The molecule has 0 bridgehead atoms. The van der Waals surface area contributed by atoms with E-state index in [4.69, 9.17) is 0 Å². The first-order valence-electron chi connectivity index (χ1n) is 10.4. The van der Waals surface area contributed by atoms with Crippen molar-refractivity contribution in [2.75, 3.05) is 5.32 Å². The van der Waals surface area contributed by atoms with Crippen molar-refractivity contribution in [2.45, 2.75) is 19.4 Å². The predicted octanol–water partition coefficient (Wildman–Crippen LogP) is 5.53. The zero-order chi connectivity index (χ0) is 22.5. The van der Waals surface area contributed by atoms with E-state index in [0.717, 1.165) is 33.6 Å². The Morgan fingerprint density at radius 3 is 2.53 bits per heavy atom. The molecule has 4 rings (SSSR count). The Balaban J connectivity index is 1.72. The second-order valence-electron chi connectivity index (χ2n) is 7.83. The Labute approximate surface area is 188 Å². The molecule has 1 aromatic heterocycles. The van der Waals surface area contributed by atoms with Gasteiger partial charge in [0, 0.05) is 18.3 Å². The minimum Gasteiger partial charge on any atom is -0.376 e. The standard InChI is InChI=1S/C27H23N5/c1-19-6-3-4-9-24(19)25-14-23(11-10-22(25)16-29)31-26(27-17-30-18-32(27)2)13-20-7-5-8-21(12-20)15-28/h3-12,14,17-18,26,31H,13H2,1-2H3. The Morgan fingerprint density at radius 2 is 1.81 bits per heavy atom. The lowest BCUT2D eigenvalue weighted by Crippen LogP contribution is -2.17. The zero-order valence-corrected chi connectivity index (χ0v) is 18.1. The van der Waals surface area contributed by atoms with Crippen LogP contribution in [0.1, 0.15) is 34.0 Å². The average Bonchev–Trinajstić information content (AvgIpc) is 3.25. The van der Waals surface area contributed by atoms with Crippen molar-refractivity contribution in [3.8, 4) is 23.3 Å². The van der Waals surface area contributed by atoms with Crippen LogP contribution in [0.25, 0.3) is 11.1 Å². The molecule has 32 heavy (non-hydrogen) atoms. The molecular formula is C27H23N5. The molecule has 4 aromatic rings. The van der Waals surface area contributed by atoms with Gasteiger partial charge in [-0.15, -0.1) is 0 Å². The summed E-state index contributed by atoms with van der Waals surface area (Å²) in [6, 6.07) is 26.1. The van der Waals surface area contributed by atoms with E-state index in [1.165, 1.54) is 0 Å². The van der Waals surface area contributed by atoms with E-state index in [1.54, 1.807) is 6.33 Å². The zero-order valence-electron chi connectivity index (χ0n) is 18.1. The highest BCUT2D eigenvalue weighted by molar-refractivity contribution is 5.76. The highest BCUT2D eigenvalue weighted by Gasteiger charge is 2.17. The van der Waals surface area contributed by atoms with Crippen molar-refractivity contribution in [1.82, 2.24) is 9.55 Å². The Kier molecular flexibility index (Phi) is 6.01. The van der Waals surface area contributed by atoms with Crippen LogP contribution in [0.4, 0.5) is 5.69 Å². The molecule has 0 aliphatic rings. The second-order valence-corrected chi connectivity index (χ2v) is 7.83. The molecule has 0 aliphatic heterocycles. The highest BCUT2D eigenvalue weighted by Crippen LogP contribution is 2.31. The third-order valence-corrected chi connectivity index (χ3v) is 5.62. The summed E-state index contributed by atoms with van der Waals surface area (Å²) in [5.41, 5.74) is 7.39. The molecular weight excluding hydrogens is 394 g/mol. The van der Waals surface area contributed by atoms with E-state index in [1.807, 2.05) is 78.5 Å². The number of aromatic nitrogens is 2. The molecule has 3 aromatic carbocycles. The normalized spacial score (nSPS) is 11.4. The fourth-order valence-electron chi connectivity index (χ4n) is 3.97. The Bertz CT molecular complexity index is 1340. The first kappa shape index (κ1) is 20.9. The molecule has 0 fully saturated rings. The number of anilines is 1. The van der Waals surface area contributed by atoms with Gasteiger partial charge < -0.3 is 9.88 Å². The molecule has 5 heteroatoms. The summed E-state index contributed by atoms with van der Waals surface area (Å²) in [5, 5.41) is 22.6. The van der Waals surface area contributed by atoms with Crippen LogP contribution in [0.2, 0.25) is 0 Å². The Hall–Kier alpha value is -4.35. The average molecular weight is 418 g/mol. The third kappa shape index (κ3) is 4.38. The lowest BCUT2D eigenvalue weighted by molar-refractivity contribution is 0.694. The number of imidazole rings is 1. The molecule has 0 saturated heterocycles. The minimum absolute atomic E-state index is 0.0610. The number of benzene rings is 3. The summed E-state index contributed by atoms with van der Waals surface area (Å²) in [6.45, 7) is 2.05. The van der Waals surface area contributed by atoms with E-state index in [-0.39, 0.29) is 6.04 Å². The molecule has 5 nitrogen and oxygen atoms in total. The molecule has 1 N–H and O–H groups in total. The van der Waals surface area contributed by atoms with Gasteiger partial charge in [-0.05, 0) is 60.4 Å². The topological polar surface area (TPSA) is 77.4 Å². The summed E-state index contributed by atoms with van der Waals surface area (Å²) in [5.74, 6) is 0. The van der Waals surface area contributed by atoms with Gasteiger partial charge in [-0.25, -0.2) is 4.98 Å². The van der Waals surface area contributed by atoms with Gasteiger partial charge in [-0.2, -0.15) is 10.5 Å². The van der Waals surface area contributed by atoms with E-state index < -0.39 is 0 Å². The molecule has 0 amide bonds. The minimum atomic E-state index is -0.0610. The number of aryl methyl sites for hydroxylation is 2. The van der Waals surface area contributed by atoms with Crippen LogP contribution >= 0.6 is 0 Å². The Morgan fingerprint density at radius 1 is 0.969 bits per heavy atom. The lowest BCUT2D eigenvalue weighted by Gasteiger charge is -2.22. The maximum absolute atomic E-state index is 9.67. The summed E-state index contributed by atoms with van der Waals surface area (Å²) in [7, 11) is 1.97. The van der Waals surface area contributed by atoms with Gasteiger partial charge in [0.15, 0.2) is 0 Å². The van der Waals surface area contributed by atoms with Crippen LogP contribution in [0.15, 0.2) is 79.3 Å². The lowest BCUT2D eigenvalue weighted by atomic mass is 9.95. The van der Waals surface area contributed by atoms with Gasteiger partial charge in [0.25, 0.3) is 0 Å². The van der Waals surface area contributed by atoms with Gasteiger partial charge in [-0.3, -0.25) is 0 Å². The fourth-order valence-corrected chi connectivity index (χ4v) is 3.97. The van der Waals surface area contributed by atoms with Crippen molar-refractivity contribution in [3.05, 3.63) is 107 Å². The van der Waals surface area contributed by atoms with Gasteiger partial charge in [0.05, 0.1) is 47.5 Å². The molecule has 0 radical (unpaired) electrons. The van der Waals surface area contributed by atoms with Crippen molar-refractivity contribution in [1.29, 1.82) is 10.5 Å². The van der Waals surface area contributed by atoms with E-state index in [0.29, 0.717) is 17.5 Å². The maximum Gasteiger partial charge on any atom is 0.0998 e. The molecule has 0 aliphatic carbocycles. The number of rotatable bonds is 6. The number of nitrogens with zero attached hydrogens (tertiary/aromatic N) is 4. The number of hydrogen-bond donors (Lipinski definition) is 1. The van der Waals surface area contributed by atoms with Crippen molar-refractivity contribution in [3.63, 3.8) is 0 Å². The van der Waals surface area contributed by atoms with E-state index >= 15 is 0 Å². The molecule has 156 valence electrons. The highest BCUT2D eigenvalue weighted by atomic mass is 15.1. The van der Waals surface area contributed by atoms with Gasteiger partial charge in [0.1, 0.15) is 0 Å². The first-order chi connectivity index (χ1) is 15.6. The van der Waals surface area contributed by atoms with Crippen LogP contribution in [-0.4, -0.2) is 9.55 Å². The van der Waals surface area contributed by atoms with E-state index in [9.17, 15) is 10.5 Å². The SMILES string of the molecule is Cc1ccccc1-c1cc(NC(Cc2cccc(C#N)c2)c2cncn2C)ccc1C#N. The number of nitriles is 2. The van der Waals surface area contributed by atoms with Crippen molar-refractivity contribution >= 4 is 5.69 Å². The third-order valence-electron chi connectivity index (χ3n) is 5.62. The molecule has 1 unspecified atom stereocenters. The molecule has 0 spiro atoms. The number of nitrogens with one attached hydrogen (secondary N) is 1. The summed E-state index contributed by atoms with van der Waals surface area (Å²) in [4.78, 5) is 4.29. The summed E-state index contributed by atoms with van der Waals surface area (Å²) < 4.78 is 2.00. The van der Waals surface area contributed by atoms with Crippen LogP contribution in [0.3, 0.4) is 0 Å². The summed E-state index contributed by atoms with van der Waals surface area (Å²) >= 11 is 0. The molecule has 1 heterocycles. The van der Waals surface area contributed by atoms with Crippen LogP contribution in [0.5, 0.6) is 0 Å². The fraction of sp³-hybridized carbons (Fsp3) is 0.148.